The van der Waals surface area contributed by atoms with E-state index in [1.807, 2.05) is 24.3 Å². The fourth-order valence-corrected chi connectivity index (χ4v) is 3.10. The van der Waals surface area contributed by atoms with Crippen LogP contribution in [0, 0.1) is 5.82 Å². The highest BCUT2D eigenvalue weighted by atomic mass is 79.9. The molecule has 0 radical (unpaired) electrons. The van der Waals surface area contributed by atoms with Gasteiger partial charge in [0.15, 0.2) is 0 Å². The Morgan fingerprint density at radius 1 is 1.16 bits per heavy atom. The second kappa shape index (κ2) is 6.53. The van der Waals surface area contributed by atoms with E-state index in [4.69, 9.17) is 0 Å². The summed E-state index contributed by atoms with van der Waals surface area (Å²) in [5, 5.41) is 3.42. The normalized spacial score (nSPS) is 12.2. The van der Waals surface area contributed by atoms with Crippen LogP contribution in [-0.4, -0.2) is 6.04 Å². The first-order valence-electron chi connectivity index (χ1n) is 6.00. The highest BCUT2D eigenvalue weighted by molar-refractivity contribution is 9.11. The lowest BCUT2D eigenvalue weighted by Gasteiger charge is -2.16. The van der Waals surface area contributed by atoms with E-state index in [0.29, 0.717) is 0 Å². The average molecular weight is 387 g/mol. The van der Waals surface area contributed by atoms with Crippen LogP contribution in [0.4, 0.5) is 10.1 Å². The molecule has 0 saturated carbocycles. The molecule has 1 nitrogen and oxygen atoms in total. The van der Waals surface area contributed by atoms with Gasteiger partial charge in [0.25, 0.3) is 0 Å². The van der Waals surface area contributed by atoms with Gasteiger partial charge in [0.1, 0.15) is 5.82 Å². The molecule has 0 spiro atoms. The van der Waals surface area contributed by atoms with Gasteiger partial charge in [-0.15, -0.1) is 0 Å². The standard InChI is InChI=1S/C15H14Br2FN/c1-10(7-11-3-2-4-13(18)8-11)19-15-6-5-12(16)9-14(15)17/h2-6,8-10,19H,7H2,1H3. The minimum atomic E-state index is -0.186. The molecule has 1 N–H and O–H groups in total. The lowest BCUT2D eigenvalue weighted by atomic mass is 10.1. The fourth-order valence-electron chi connectivity index (χ4n) is 1.94. The molecule has 19 heavy (non-hydrogen) atoms. The van der Waals surface area contributed by atoms with Gasteiger partial charge in [-0.1, -0.05) is 28.1 Å². The van der Waals surface area contributed by atoms with Gasteiger partial charge in [0, 0.05) is 20.7 Å². The molecule has 2 aromatic carbocycles. The zero-order valence-corrected chi connectivity index (χ0v) is 13.6. The summed E-state index contributed by atoms with van der Waals surface area (Å²) in [5.41, 5.74) is 2.03. The number of nitrogens with one attached hydrogen (secondary N) is 1. The Balaban J connectivity index is 2.03. The third kappa shape index (κ3) is 4.32. The van der Waals surface area contributed by atoms with Crippen LogP contribution in [0.1, 0.15) is 12.5 Å². The first kappa shape index (κ1) is 14.5. The van der Waals surface area contributed by atoms with Crippen LogP contribution in [0.2, 0.25) is 0 Å². The summed E-state index contributed by atoms with van der Waals surface area (Å²) in [6.07, 6.45) is 0.778. The summed E-state index contributed by atoms with van der Waals surface area (Å²) in [4.78, 5) is 0. The zero-order valence-electron chi connectivity index (χ0n) is 10.5. The molecule has 0 saturated heterocycles. The van der Waals surface area contributed by atoms with Crippen molar-refractivity contribution in [2.45, 2.75) is 19.4 Å². The first-order valence-corrected chi connectivity index (χ1v) is 7.59. The molecule has 2 aromatic rings. The van der Waals surface area contributed by atoms with E-state index in [2.05, 4.69) is 44.1 Å². The van der Waals surface area contributed by atoms with Crippen molar-refractivity contribution < 1.29 is 4.39 Å². The zero-order chi connectivity index (χ0) is 13.8. The Labute approximate surface area is 129 Å². The van der Waals surface area contributed by atoms with Crippen LogP contribution in [0.25, 0.3) is 0 Å². The molecule has 0 bridgehead atoms. The van der Waals surface area contributed by atoms with Crippen LogP contribution in [0.3, 0.4) is 0 Å². The van der Waals surface area contributed by atoms with Gasteiger partial charge in [-0.2, -0.15) is 0 Å². The maximum atomic E-state index is 13.1. The van der Waals surface area contributed by atoms with E-state index in [9.17, 15) is 4.39 Å². The van der Waals surface area contributed by atoms with Crippen LogP contribution in [0.5, 0.6) is 0 Å². The van der Waals surface area contributed by atoms with Crippen LogP contribution >= 0.6 is 31.9 Å². The molecule has 0 aliphatic carbocycles. The van der Waals surface area contributed by atoms with E-state index in [0.717, 1.165) is 26.6 Å². The van der Waals surface area contributed by atoms with Gasteiger partial charge >= 0.3 is 0 Å². The summed E-state index contributed by atoms with van der Waals surface area (Å²) >= 11 is 6.94. The predicted octanol–water partition coefficient (Wildman–Crippen LogP) is 5.39. The van der Waals surface area contributed by atoms with Crippen molar-refractivity contribution in [3.05, 3.63) is 62.8 Å². The number of rotatable bonds is 4. The number of hydrogen-bond donors (Lipinski definition) is 1. The fraction of sp³-hybridized carbons (Fsp3) is 0.200. The Kier molecular flexibility index (Phi) is 4.99. The molecule has 100 valence electrons. The molecule has 0 amide bonds. The third-order valence-electron chi connectivity index (χ3n) is 2.76. The van der Waals surface area contributed by atoms with Crippen molar-refractivity contribution in [2.75, 3.05) is 5.32 Å². The van der Waals surface area contributed by atoms with Gasteiger partial charge in [-0.3, -0.25) is 0 Å². The first-order chi connectivity index (χ1) is 9.04. The van der Waals surface area contributed by atoms with Crippen molar-refractivity contribution in [1.82, 2.24) is 0 Å². The number of benzene rings is 2. The largest absolute Gasteiger partial charge is 0.381 e. The second-order valence-electron chi connectivity index (χ2n) is 4.50. The van der Waals surface area contributed by atoms with Gasteiger partial charge in [-0.25, -0.2) is 4.39 Å². The Morgan fingerprint density at radius 2 is 1.95 bits per heavy atom. The van der Waals surface area contributed by atoms with Crippen molar-refractivity contribution in [1.29, 1.82) is 0 Å². The SMILES string of the molecule is CC(Cc1cccc(F)c1)Nc1ccc(Br)cc1Br. The summed E-state index contributed by atoms with van der Waals surface area (Å²) in [6, 6.07) is 12.9. The molecule has 0 aliphatic heterocycles. The highest BCUT2D eigenvalue weighted by Gasteiger charge is 2.07. The summed E-state index contributed by atoms with van der Waals surface area (Å²) in [7, 11) is 0. The van der Waals surface area contributed by atoms with Crippen molar-refractivity contribution in [2.24, 2.45) is 0 Å². The Morgan fingerprint density at radius 3 is 2.63 bits per heavy atom. The quantitative estimate of drug-likeness (QED) is 0.742. The maximum Gasteiger partial charge on any atom is 0.123 e. The van der Waals surface area contributed by atoms with E-state index in [-0.39, 0.29) is 11.9 Å². The number of anilines is 1. The lowest BCUT2D eigenvalue weighted by molar-refractivity contribution is 0.624. The van der Waals surface area contributed by atoms with Crippen molar-refractivity contribution in [3.63, 3.8) is 0 Å². The third-order valence-corrected chi connectivity index (χ3v) is 3.91. The highest BCUT2D eigenvalue weighted by Crippen LogP contribution is 2.27. The van der Waals surface area contributed by atoms with Gasteiger partial charge in [-0.05, 0) is 65.2 Å². The van der Waals surface area contributed by atoms with E-state index in [1.54, 1.807) is 12.1 Å². The smallest absolute Gasteiger partial charge is 0.123 e. The molecule has 2 rings (SSSR count). The molecule has 0 aromatic heterocycles. The summed E-state index contributed by atoms with van der Waals surface area (Å²) in [5.74, 6) is -0.186. The number of hydrogen-bond acceptors (Lipinski definition) is 1. The van der Waals surface area contributed by atoms with Crippen LogP contribution in [-0.2, 0) is 6.42 Å². The molecule has 1 unspecified atom stereocenters. The minimum absolute atomic E-state index is 0.186. The number of halogens is 3. The topological polar surface area (TPSA) is 12.0 Å². The van der Waals surface area contributed by atoms with Gasteiger partial charge < -0.3 is 5.32 Å². The van der Waals surface area contributed by atoms with Crippen LogP contribution < -0.4 is 5.32 Å². The summed E-state index contributed by atoms with van der Waals surface area (Å²) in [6.45, 7) is 2.08. The molecule has 4 heteroatoms. The molecular formula is C15H14Br2FN. The molecular weight excluding hydrogens is 373 g/mol. The van der Waals surface area contributed by atoms with E-state index >= 15 is 0 Å². The summed E-state index contributed by atoms with van der Waals surface area (Å²) < 4.78 is 15.2. The van der Waals surface area contributed by atoms with Gasteiger partial charge in [0.05, 0.1) is 0 Å². The average Bonchev–Trinajstić information content (AvgIpc) is 2.33. The maximum absolute atomic E-state index is 13.1. The predicted molar refractivity (Wildman–Crippen MR) is 85.0 cm³/mol. The Hall–Kier alpha value is -0.870. The molecule has 0 heterocycles. The van der Waals surface area contributed by atoms with Crippen molar-refractivity contribution >= 4 is 37.5 Å². The molecule has 1 atom stereocenters. The molecule has 0 aliphatic rings. The Bertz CT molecular complexity index is 572. The minimum Gasteiger partial charge on any atom is -0.381 e. The molecule has 0 fully saturated rings. The van der Waals surface area contributed by atoms with E-state index in [1.165, 1.54) is 6.07 Å². The van der Waals surface area contributed by atoms with Crippen molar-refractivity contribution in [3.8, 4) is 0 Å². The van der Waals surface area contributed by atoms with Gasteiger partial charge in [0.2, 0.25) is 0 Å². The van der Waals surface area contributed by atoms with E-state index < -0.39 is 0 Å². The monoisotopic (exact) mass is 385 g/mol. The second-order valence-corrected chi connectivity index (χ2v) is 6.27. The van der Waals surface area contributed by atoms with Crippen LogP contribution in [0.15, 0.2) is 51.4 Å². The lowest BCUT2D eigenvalue weighted by Crippen LogP contribution is -2.18.